The number of hydrogen-bond donors (Lipinski definition) is 2. The van der Waals surface area contributed by atoms with Crippen LogP contribution < -0.4 is 25.4 Å². The van der Waals surface area contributed by atoms with E-state index >= 15 is 0 Å². The summed E-state index contributed by atoms with van der Waals surface area (Å²) in [4.78, 5) is 0. The van der Waals surface area contributed by atoms with Crippen molar-refractivity contribution in [2.24, 2.45) is 0 Å². The minimum atomic E-state index is -1.74. The van der Waals surface area contributed by atoms with Gasteiger partial charge in [-0.25, -0.2) is 0 Å². The number of ether oxygens (including phenoxy) is 2. The molecule has 4 aromatic rings. The highest BCUT2D eigenvalue weighted by Gasteiger charge is 2.44. The predicted molar refractivity (Wildman–Crippen MR) is 178 cm³/mol. The monoisotopic (exact) mass is 584 g/mol. The second-order valence-electron chi connectivity index (χ2n) is 10.8. The molecule has 4 nitrogen and oxygen atoms in total. The molecule has 0 saturated heterocycles. The Morgan fingerprint density at radius 3 is 1.50 bits per heavy atom. The first-order chi connectivity index (χ1) is 20.5. The molecule has 0 aliphatic carbocycles. The number of rotatable bonds is 16. The molecule has 0 fully saturated rings. The maximum absolute atomic E-state index is 10.7. The van der Waals surface area contributed by atoms with E-state index in [2.05, 4.69) is 97.4 Å². The van der Waals surface area contributed by atoms with E-state index in [1.807, 2.05) is 0 Å². The molecule has 42 heavy (non-hydrogen) atoms. The van der Waals surface area contributed by atoms with Crippen molar-refractivity contribution in [2.75, 3.05) is 20.4 Å². The molecule has 0 aliphatic rings. The summed E-state index contributed by atoms with van der Waals surface area (Å²) in [5, 5.41) is 25.5. The third-order valence-corrected chi connectivity index (χ3v) is 12.8. The van der Waals surface area contributed by atoms with Gasteiger partial charge in [0.2, 0.25) is 11.5 Å². The number of hydrogen-bond acceptors (Lipinski definition) is 4. The van der Waals surface area contributed by atoms with Gasteiger partial charge < -0.3 is 19.7 Å². The maximum Gasteiger partial charge on any atom is 0.207 e. The fourth-order valence-electron chi connectivity index (χ4n) is 5.94. The molecular formula is C37H45O4P+2. The van der Waals surface area contributed by atoms with Gasteiger partial charge in [-0.15, -0.1) is 0 Å². The number of phenolic OH excluding ortho intramolecular Hbond substituents is 2. The van der Waals surface area contributed by atoms with E-state index in [9.17, 15) is 10.2 Å². The fourth-order valence-corrected chi connectivity index (χ4v) is 10.4. The van der Waals surface area contributed by atoms with Gasteiger partial charge in [-0.05, 0) is 69.0 Å². The molecule has 220 valence electrons. The summed E-state index contributed by atoms with van der Waals surface area (Å²) in [5.74, 6) is 0.421. The molecule has 4 aromatic carbocycles. The minimum Gasteiger partial charge on any atom is -0.504 e. The van der Waals surface area contributed by atoms with Crippen LogP contribution in [0.2, 0.25) is 0 Å². The summed E-state index contributed by atoms with van der Waals surface area (Å²) in [6.45, 7) is 1.80. The summed E-state index contributed by atoms with van der Waals surface area (Å²) in [5.41, 5.74) is 1.31. The van der Waals surface area contributed by atoms with Crippen LogP contribution >= 0.6 is 7.26 Å². The van der Waals surface area contributed by atoms with Crippen molar-refractivity contribution in [3.63, 3.8) is 0 Å². The first-order valence-corrected chi connectivity index (χ1v) is 17.0. The lowest BCUT2D eigenvalue weighted by Gasteiger charge is -2.27. The number of methoxy groups -OCH3 is 2. The Morgan fingerprint density at radius 1 is 0.595 bits per heavy atom. The SMILES string of the molecule is COc1c(O)c(C)c(C[CH+]CCCCCCCC[P+](c2ccccc2)(c2ccccc2)c2ccccc2)c(O)c1OC. The van der Waals surface area contributed by atoms with Crippen molar-refractivity contribution in [1.82, 2.24) is 0 Å². The molecular weight excluding hydrogens is 539 g/mol. The van der Waals surface area contributed by atoms with Crippen molar-refractivity contribution in [2.45, 2.75) is 58.3 Å². The van der Waals surface area contributed by atoms with Gasteiger partial charge in [0.05, 0.1) is 33.2 Å². The normalized spacial score (nSPS) is 11.3. The zero-order valence-electron chi connectivity index (χ0n) is 25.3. The van der Waals surface area contributed by atoms with Gasteiger partial charge in [-0.2, -0.15) is 0 Å². The first-order valence-electron chi connectivity index (χ1n) is 15.1. The Balaban J connectivity index is 1.28. The topological polar surface area (TPSA) is 58.9 Å². The molecule has 0 heterocycles. The van der Waals surface area contributed by atoms with Gasteiger partial charge in [0.25, 0.3) is 0 Å². The fraction of sp³-hybridized carbons (Fsp3) is 0.324. The Bertz CT molecular complexity index is 1280. The quantitative estimate of drug-likeness (QED) is 0.0609. The second-order valence-corrected chi connectivity index (χ2v) is 14.4. The summed E-state index contributed by atoms with van der Waals surface area (Å²) in [6.07, 6.45) is 12.1. The second kappa shape index (κ2) is 15.6. The smallest absolute Gasteiger partial charge is 0.207 e. The minimum absolute atomic E-state index is 0.0220. The van der Waals surface area contributed by atoms with E-state index in [4.69, 9.17) is 9.47 Å². The molecule has 0 bridgehead atoms. The van der Waals surface area contributed by atoms with Crippen LogP contribution in [-0.2, 0) is 6.42 Å². The lowest BCUT2D eigenvalue weighted by Crippen LogP contribution is -2.33. The summed E-state index contributed by atoms with van der Waals surface area (Å²) in [6, 6.07) is 33.4. The van der Waals surface area contributed by atoms with Crippen molar-refractivity contribution >= 4 is 23.2 Å². The molecule has 0 amide bonds. The lowest BCUT2D eigenvalue weighted by molar-refractivity contribution is 0.314. The summed E-state index contributed by atoms with van der Waals surface area (Å²) >= 11 is 0. The van der Waals surface area contributed by atoms with E-state index in [0.29, 0.717) is 17.5 Å². The van der Waals surface area contributed by atoms with Gasteiger partial charge >= 0.3 is 0 Å². The van der Waals surface area contributed by atoms with Gasteiger partial charge in [-0.3, -0.25) is 0 Å². The molecule has 0 aromatic heterocycles. The van der Waals surface area contributed by atoms with E-state index in [0.717, 1.165) is 12.8 Å². The van der Waals surface area contributed by atoms with Gasteiger partial charge in [0.15, 0.2) is 11.5 Å². The van der Waals surface area contributed by atoms with Crippen molar-refractivity contribution in [1.29, 1.82) is 0 Å². The van der Waals surface area contributed by atoms with Gasteiger partial charge in [-0.1, -0.05) is 67.4 Å². The molecule has 5 heteroatoms. The van der Waals surface area contributed by atoms with Crippen LogP contribution in [0.5, 0.6) is 23.0 Å². The van der Waals surface area contributed by atoms with Crippen molar-refractivity contribution in [3.8, 4) is 23.0 Å². The van der Waals surface area contributed by atoms with E-state index in [1.54, 1.807) is 6.92 Å². The number of aromatic hydroxyl groups is 2. The average molecular weight is 585 g/mol. The number of benzene rings is 4. The van der Waals surface area contributed by atoms with Crippen LogP contribution in [0.1, 0.15) is 56.1 Å². The Hall–Kier alpha value is -3.62. The van der Waals surface area contributed by atoms with Crippen LogP contribution in [0.25, 0.3) is 0 Å². The first kappa shape index (κ1) is 31.3. The maximum atomic E-state index is 10.7. The third kappa shape index (κ3) is 7.05. The van der Waals surface area contributed by atoms with Crippen LogP contribution in [-0.4, -0.2) is 30.6 Å². The molecule has 0 atom stereocenters. The average Bonchev–Trinajstić information content (AvgIpc) is 3.04. The van der Waals surface area contributed by atoms with Crippen molar-refractivity contribution in [3.05, 3.63) is 109 Å². The molecule has 2 N–H and O–H groups in total. The Morgan fingerprint density at radius 2 is 1.02 bits per heavy atom. The van der Waals surface area contributed by atoms with Crippen LogP contribution in [0, 0.1) is 13.3 Å². The van der Waals surface area contributed by atoms with Crippen LogP contribution in [0.15, 0.2) is 91.0 Å². The summed E-state index contributed by atoms with van der Waals surface area (Å²) < 4.78 is 10.5. The van der Waals surface area contributed by atoms with Crippen LogP contribution in [0.3, 0.4) is 0 Å². The van der Waals surface area contributed by atoms with Gasteiger partial charge in [0, 0.05) is 11.1 Å². The van der Waals surface area contributed by atoms with Crippen molar-refractivity contribution < 1.29 is 19.7 Å². The lowest BCUT2D eigenvalue weighted by atomic mass is 9.98. The van der Waals surface area contributed by atoms with E-state index < -0.39 is 7.26 Å². The molecule has 0 unspecified atom stereocenters. The number of unbranched alkanes of at least 4 members (excludes halogenated alkanes) is 7. The molecule has 0 spiro atoms. The standard InChI is InChI=1S/C37H43O4P/c1-29-33(35(39)37(41-3)36(40-2)34(29)38)27-19-8-6-4-5-7-9-20-28-42(30-21-13-10-14-22-30,31-23-15-11-16-24-31)32-25-17-12-18-26-32/h10-19,21-26H,4-9,20,27-28H2,1-3H3/p+2. The highest BCUT2D eigenvalue weighted by molar-refractivity contribution is 7.95. The Kier molecular flexibility index (Phi) is 11.6. The molecule has 0 radical (unpaired) electrons. The van der Waals surface area contributed by atoms with Gasteiger partial charge in [0.1, 0.15) is 29.6 Å². The molecule has 0 saturated carbocycles. The zero-order valence-corrected chi connectivity index (χ0v) is 26.2. The number of phenols is 2. The molecule has 4 rings (SSSR count). The zero-order chi connectivity index (χ0) is 29.8. The molecule has 0 aliphatic heterocycles. The largest absolute Gasteiger partial charge is 0.504 e. The highest BCUT2D eigenvalue weighted by atomic mass is 31.2. The summed E-state index contributed by atoms with van der Waals surface area (Å²) in [7, 11) is 1.18. The van der Waals surface area contributed by atoms with E-state index in [1.165, 1.54) is 68.4 Å². The highest BCUT2D eigenvalue weighted by Crippen LogP contribution is 2.56. The Labute approximate surface area is 252 Å². The van der Waals surface area contributed by atoms with E-state index in [-0.39, 0.29) is 23.0 Å². The predicted octanol–water partition coefficient (Wildman–Crippen LogP) is 7.90. The third-order valence-electron chi connectivity index (χ3n) is 8.23. The van der Waals surface area contributed by atoms with Crippen LogP contribution in [0.4, 0.5) is 0 Å².